The Morgan fingerprint density at radius 3 is 2.40 bits per heavy atom. The number of aryl methyl sites for hydroxylation is 1. The molecule has 0 atom stereocenters. The molecule has 5 nitrogen and oxygen atoms in total. The van der Waals surface area contributed by atoms with Crippen LogP contribution in [-0.2, 0) is 11.3 Å². The summed E-state index contributed by atoms with van der Waals surface area (Å²) in [5.74, 6) is -1.53. The van der Waals surface area contributed by atoms with Crippen molar-refractivity contribution in [3.8, 4) is 11.1 Å². The highest BCUT2D eigenvalue weighted by Gasteiger charge is 2.19. The van der Waals surface area contributed by atoms with Gasteiger partial charge in [0.05, 0.1) is 0 Å². The third-order valence-corrected chi connectivity index (χ3v) is 3.67. The maximum Gasteiger partial charge on any atom is 0.336 e. The molecule has 132 valence electrons. The van der Waals surface area contributed by atoms with E-state index in [4.69, 9.17) is 0 Å². The van der Waals surface area contributed by atoms with Gasteiger partial charge in [0.15, 0.2) is 0 Å². The van der Waals surface area contributed by atoms with Crippen molar-refractivity contribution in [2.75, 3.05) is 7.05 Å². The van der Waals surface area contributed by atoms with Crippen molar-refractivity contribution >= 4 is 11.9 Å². The Morgan fingerprint density at radius 1 is 1.08 bits per heavy atom. The summed E-state index contributed by atoms with van der Waals surface area (Å²) in [6.07, 6.45) is -3.18. The standard InChI is InChI=1S/C18H19F2N3O2/c1-12-8-9-14(13-6-4-3-5-7-13)10-15(12)11-21-18(25)23(2)22-17(24)16(19)20/h3-10,16H,11H2,1-2H3,(H,21,25)(H,22,24). The molecule has 0 unspecified atom stereocenters. The summed E-state index contributed by atoms with van der Waals surface area (Å²) < 4.78 is 24.4. The lowest BCUT2D eigenvalue weighted by molar-refractivity contribution is -0.135. The van der Waals surface area contributed by atoms with Crippen LogP contribution in [0.25, 0.3) is 11.1 Å². The van der Waals surface area contributed by atoms with E-state index < -0.39 is 18.4 Å². The van der Waals surface area contributed by atoms with E-state index in [0.29, 0.717) is 5.01 Å². The maximum absolute atomic E-state index is 12.2. The molecule has 0 aliphatic heterocycles. The Bertz CT molecular complexity index is 751. The Kier molecular flexibility index (Phi) is 6.05. The highest BCUT2D eigenvalue weighted by molar-refractivity contribution is 5.82. The van der Waals surface area contributed by atoms with Gasteiger partial charge < -0.3 is 5.32 Å². The van der Waals surface area contributed by atoms with E-state index in [1.165, 1.54) is 7.05 Å². The van der Waals surface area contributed by atoms with Gasteiger partial charge >= 0.3 is 18.4 Å². The number of halogens is 2. The fraction of sp³-hybridized carbons (Fsp3) is 0.222. The lowest BCUT2D eigenvalue weighted by atomic mass is 10.00. The van der Waals surface area contributed by atoms with Gasteiger partial charge in [-0.3, -0.25) is 10.2 Å². The maximum atomic E-state index is 12.2. The van der Waals surface area contributed by atoms with Gasteiger partial charge in [-0.2, -0.15) is 8.78 Å². The second-order valence-electron chi connectivity index (χ2n) is 5.50. The van der Waals surface area contributed by atoms with Crippen LogP contribution in [-0.4, -0.2) is 30.4 Å². The van der Waals surface area contributed by atoms with Crippen LogP contribution >= 0.6 is 0 Å². The normalized spacial score (nSPS) is 10.4. The molecule has 2 N–H and O–H groups in total. The summed E-state index contributed by atoms with van der Waals surface area (Å²) in [6.45, 7) is 2.12. The zero-order valence-corrected chi connectivity index (χ0v) is 13.9. The summed E-state index contributed by atoms with van der Waals surface area (Å²) in [6, 6.07) is 15.0. The predicted molar refractivity (Wildman–Crippen MR) is 90.8 cm³/mol. The largest absolute Gasteiger partial charge is 0.336 e. The van der Waals surface area contributed by atoms with Crippen LogP contribution in [0.4, 0.5) is 13.6 Å². The smallest absolute Gasteiger partial charge is 0.332 e. The molecule has 2 aromatic rings. The van der Waals surface area contributed by atoms with E-state index in [9.17, 15) is 18.4 Å². The molecule has 0 aliphatic rings. The topological polar surface area (TPSA) is 61.4 Å². The highest BCUT2D eigenvalue weighted by atomic mass is 19.3. The van der Waals surface area contributed by atoms with Crippen LogP contribution in [0.15, 0.2) is 48.5 Å². The minimum atomic E-state index is -3.18. The molecule has 2 rings (SSSR count). The Labute approximate surface area is 144 Å². The molecule has 0 saturated heterocycles. The van der Waals surface area contributed by atoms with Crippen LogP contribution in [0.2, 0.25) is 0 Å². The van der Waals surface area contributed by atoms with Crippen molar-refractivity contribution in [3.05, 3.63) is 59.7 Å². The number of hydrogen-bond donors (Lipinski definition) is 2. The van der Waals surface area contributed by atoms with Crippen LogP contribution in [0.3, 0.4) is 0 Å². The molecule has 25 heavy (non-hydrogen) atoms. The number of alkyl halides is 2. The number of benzene rings is 2. The van der Waals surface area contributed by atoms with Crippen LogP contribution in [0.5, 0.6) is 0 Å². The molecular weight excluding hydrogens is 328 g/mol. The quantitative estimate of drug-likeness (QED) is 0.835. The molecule has 0 aliphatic carbocycles. The predicted octanol–water partition coefficient (Wildman–Crippen LogP) is 3.10. The van der Waals surface area contributed by atoms with Crippen molar-refractivity contribution in [2.24, 2.45) is 0 Å². The van der Waals surface area contributed by atoms with Crippen molar-refractivity contribution in [1.29, 1.82) is 0 Å². The van der Waals surface area contributed by atoms with Gasteiger partial charge in [-0.1, -0.05) is 42.5 Å². The van der Waals surface area contributed by atoms with Crippen molar-refractivity contribution in [1.82, 2.24) is 15.8 Å². The van der Waals surface area contributed by atoms with E-state index in [2.05, 4.69) is 5.32 Å². The fourth-order valence-corrected chi connectivity index (χ4v) is 2.23. The molecule has 0 aromatic heterocycles. The third kappa shape index (κ3) is 5.00. The van der Waals surface area contributed by atoms with Gasteiger partial charge in [0.1, 0.15) is 0 Å². The summed E-state index contributed by atoms with van der Waals surface area (Å²) in [7, 11) is 1.20. The number of carbonyl (C=O) groups excluding carboxylic acids is 2. The summed E-state index contributed by atoms with van der Waals surface area (Å²) in [5, 5.41) is 3.29. The number of carbonyl (C=O) groups is 2. The summed E-state index contributed by atoms with van der Waals surface area (Å²) in [5.41, 5.74) is 5.74. The molecular formula is C18H19F2N3O2. The average molecular weight is 347 g/mol. The average Bonchev–Trinajstić information content (AvgIpc) is 2.61. The molecule has 0 heterocycles. The lowest BCUT2D eigenvalue weighted by Gasteiger charge is -2.19. The number of amides is 3. The number of rotatable bonds is 4. The molecule has 0 bridgehead atoms. The fourth-order valence-electron chi connectivity index (χ4n) is 2.23. The Hall–Kier alpha value is -2.96. The first-order valence-electron chi connectivity index (χ1n) is 7.63. The van der Waals surface area contributed by atoms with E-state index >= 15 is 0 Å². The van der Waals surface area contributed by atoms with Gasteiger partial charge in [-0.05, 0) is 35.2 Å². The van der Waals surface area contributed by atoms with Gasteiger partial charge in [0.2, 0.25) is 0 Å². The zero-order chi connectivity index (χ0) is 18.4. The molecule has 7 heteroatoms. The molecule has 0 spiro atoms. The number of nitrogens with one attached hydrogen (secondary N) is 2. The summed E-state index contributed by atoms with van der Waals surface area (Å²) in [4.78, 5) is 22.8. The minimum absolute atomic E-state index is 0.209. The van der Waals surface area contributed by atoms with Crippen LogP contribution in [0.1, 0.15) is 11.1 Å². The van der Waals surface area contributed by atoms with Crippen molar-refractivity contribution in [2.45, 2.75) is 19.9 Å². The molecule has 0 fully saturated rings. The zero-order valence-electron chi connectivity index (χ0n) is 13.9. The first-order valence-corrected chi connectivity index (χ1v) is 7.63. The Morgan fingerprint density at radius 2 is 1.76 bits per heavy atom. The lowest BCUT2D eigenvalue weighted by Crippen LogP contribution is -2.49. The van der Waals surface area contributed by atoms with Gasteiger partial charge in [-0.25, -0.2) is 9.80 Å². The number of nitrogens with zero attached hydrogens (tertiary/aromatic N) is 1. The Balaban J connectivity index is 2.03. The molecule has 2 aromatic carbocycles. The van der Waals surface area contributed by atoms with Crippen molar-refractivity contribution < 1.29 is 18.4 Å². The monoisotopic (exact) mass is 347 g/mol. The van der Waals surface area contributed by atoms with Gasteiger partial charge in [-0.15, -0.1) is 0 Å². The second-order valence-corrected chi connectivity index (χ2v) is 5.50. The number of hydrazine groups is 1. The summed E-state index contributed by atoms with van der Waals surface area (Å²) >= 11 is 0. The SMILES string of the molecule is Cc1ccc(-c2ccccc2)cc1CNC(=O)N(C)NC(=O)C(F)F. The van der Waals surface area contributed by atoms with E-state index in [1.807, 2.05) is 55.5 Å². The van der Waals surface area contributed by atoms with Gasteiger partial charge in [0.25, 0.3) is 0 Å². The first kappa shape index (κ1) is 18.4. The molecule has 3 amide bonds. The third-order valence-electron chi connectivity index (χ3n) is 3.67. The van der Waals surface area contributed by atoms with Gasteiger partial charge in [0, 0.05) is 13.6 Å². The van der Waals surface area contributed by atoms with E-state index in [1.54, 1.807) is 5.43 Å². The second kappa shape index (κ2) is 8.23. The number of hydrogen-bond acceptors (Lipinski definition) is 2. The van der Waals surface area contributed by atoms with Crippen LogP contribution in [0, 0.1) is 6.92 Å². The minimum Gasteiger partial charge on any atom is -0.332 e. The van der Waals surface area contributed by atoms with Crippen LogP contribution < -0.4 is 10.7 Å². The van der Waals surface area contributed by atoms with Crippen molar-refractivity contribution in [3.63, 3.8) is 0 Å². The first-order chi connectivity index (χ1) is 11.9. The highest BCUT2D eigenvalue weighted by Crippen LogP contribution is 2.22. The van der Waals surface area contributed by atoms with E-state index in [0.717, 1.165) is 22.3 Å². The van der Waals surface area contributed by atoms with E-state index in [-0.39, 0.29) is 6.54 Å². The molecule has 0 saturated carbocycles. The number of urea groups is 1. The molecule has 0 radical (unpaired) electrons.